The molecule has 1 heterocycles. The zero-order chi connectivity index (χ0) is 14.9. The maximum Gasteiger partial charge on any atom is 0.273 e. The minimum Gasteiger partial charge on any atom is -0.298 e. The Hall–Kier alpha value is -1.25. The molecular formula is C12H15BrN4O2S. The molecule has 0 atom stereocenters. The summed E-state index contributed by atoms with van der Waals surface area (Å²) in [4.78, 5) is 0. The smallest absolute Gasteiger partial charge is 0.273 e. The molecule has 0 aliphatic heterocycles. The maximum atomic E-state index is 11.5. The van der Waals surface area contributed by atoms with E-state index in [4.69, 9.17) is 5.14 Å². The fourth-order valence-electron chi connectivity index (χ4n) is 1.93. The van der Waals surface area contributed by atoms with E-state index in [-0.39, 0.29) is 11.2 Å². The van der Waals surface area contributed by atoms with E-state index in [1.54, 1.807) is 4.57 Å². The predicted molar refractivity (Wildman–Crippen MR) is 78.7 cm³/mol. The molecule has 8 heteroatoms. The van der Waals surface area contributed by atoms with Gasteiger partial charge in [0, 0.05) is 16.9 Å². The Labute approximate surface area is 126 Å². The van der Waals surface area contributed by atoms with Crippen LogP contribution in [0.4, 0.5) is 0 Å². The first kappa shape index (κ1) is 15.1. The Bertz CT molecular complexity index is 708. The molecule has 0 unspecified atom stereocenters. The Balaban J connectivity index is 2.42. The number of rotatable bonds is 4. The molecule has 108 valence electrons. The second-order valence-corrected chi connectivity index (χ2v) is 7.08. The number of halogens is 1. The summed E-state index contributed by atoms with van der Waals surface area (Å²) < 4.78 is 25.6. The monoisotopic (exact) mass is 358 g/mol. The average Bonchev–Trinajstić information content (AvgIpc) is 2.75. The van der Waals surface area contributed by atoms with Crippen molar-refractivity contribution in [3.63, 3.8) is 0 Å². The van der Waals surface area contributed by atoms with Gasteiger partial charge in [-0.15, -0.1) is 10.2 Å². The molecule has 0 aliphatic rings. The topological polar surface area (TPSA) is 90.9 Å². The van der Waals surface area contributed by atoms with Crippen molar-refractivity contribution in [2.45, 2.75) is 31.5 Å². The molecular weight excluding hydrogens is 344 g/mol. The first-order valence-corrected chi connectivity index (χ1v) is 8.34. The molecule has 0 aliphatic carbocycles. The number of hydrogen-bond donors (Lipinski definition) is 1. The molecule has 20 heavy (non-hydrogen) atoms. The molecule has 0 saturated heterocycles. The Morgan fingerprint density at radius 3 is 2.35 bits per heavy atom. The van der Waals surface area contributed by atoms with Crippen LogP contribution in [0.1, 0.15) is 31.3 Å². The minimum absolute atomic E-state index is 0.0937. The number of aromatic nitrogens is 3. The van der Waals surface area contributed by atoms with Gasteiger partial charge in [0.2, 0.25) is 0 Å². The van der Waals surface area contributed by atoms with Gasteiger partial charge in [-0.1, -0.05) is 28.1 Å². The summed E-state index contributed by atoms with van der Waals surface area (Å²) in [6.07, 6.45) is 0.494. The van der Waals surface area contributed by atoms with Gasteiger partial charge in [0.05, 0.1) is 0 Å². The third-order valence-corrected chi connectivity index (χ3v) is 4.10. The molecule has 0 saturated carbocycles. The standard InChI is InChI=1S/C12H15BrN4O2S/c1-8(2)17-11(15-16-12(17)20(14,18)19)7-9-3-5-10(13)6-4-9/h3-6,8H,7H2,1-2H3,(H2,14,18,19). The van der Waals surface area contributed by atoms with Crippen molar-refractivity contribution in [1.82, 2.24) is 14.8 Å². The number of primary sulfonamides is 1. The number of nitrogens with zero attached hydrogens (tertiary/aromatic N) is 3. The van der Waals surface area contributed by atoms with Gasteiger partial charge < -0.3 is 0 Å². The van der Waals surface area contributed by atoms with Crippen LogP contribution in [0.25, 0.3) is 0 Å². The van der Waals surface area contributed by atoms with Crippen LogP contribution in [0.2, 0.25) is 0 Å². The van der Waals surface area contributed by atoms with Gasteiger partial charge in [-0.05, 0) is 31.5 Å². The second-order valence-electron chi connectivity index (χ2n) is 4.71. The lowest BCUT2D eigenvalue weighted by Crippen LogP contribution is -2.20. The van der Waals surface area contributed by atoms with Gasteiger partial charge in [0.25, 0.3) is 15.2 Å². The van der Waals surface area contributed by atoms with Crippen molar-refractivity contribution in [3.05, 3.63) is 40.1 Å². The normalized spacial score (nSPS) is 12.1. The van der Waals surface area contributed by atoms with E-state index in [1.165, 1.54) is 0 Å². The van der Waals surface area contributed by atoms with Crippen molar-refractivity contribution in [1.29, 1.82) is 0 Å². The molecule has 0 radical (unpaired) electrons. The fourth-order valence-corrected chi connectivity index (χ4v) is 2.93. The first-order valence-electron chi connectivity index (χ1n) is 6.00. The zero-order valence-electron chi connectivity index (χ0n) is 11.1. The van der Waals surface area contributed by atoms with Crippen LogP contribution in [0, 0.1) is 0 Å². The van der Waals surface area contributed by atoms with Crippen LogP contribution in [0.3, 0.4) is 0 Å². The van der Waals surface area contributed by atoms with Crippen molar-refractivity contribution in [2.75, 3.05) is 0 Å². The van der Waals surface area contributed by atoms with E-state index in [0.717, 1.165) is 10.0 Å². The molecule has 2 N–H and O–H groups in total. The van der Waals surface area contributed by atoms with Gasteiger partial charge in [-0.3, -0.25) is 4.57 Å². The third-order valence-electron chi connectivity index (χ3n) is 2.78. The largest absolute Gasteiger partial charge is 0.298 e. The third kappa shape index (κ3) is 3.25. The molecule has 2 rings (SSSR count). The van der Waals surface area contributed by atoms with Crippen LogP contribution in [0.5, 0.6) is 0 Å². The lowest BCUT2D eigenvalue weighted by molar-refractivity contribution is 0.507. The second kappa shape index (κ2) is 5.63. The van der Waals surface area contributed by atoms with Gasteiger partial charge in [0.1, 0.15) is 5.82 Å². The number of benzene rings is 1. The predicted octanol–water partition coefficient (Wildman–Crippen LogP) is 1.86. The summed E-state index contributed by atoms with van der Waals surface area (Å²) in [5, 5.41) is 12.6. The van der Waals surface area contributed by atoms with Crippen molar-refractivity contribution in [2.24, 2.45) is 5.14 Å². The number of nitrogens with two attached hydrogens (primary N) is 1. The quantitative estimate of drug-likeness (QED) is 0.902. The molecule has 0 amide bonds. The van der Waals surface area contributed by atoms with E-state index in [2.05, 4.69) is 26.1 Å². The van der Waals surface area contributed by atoms with Crippen LogP contribution >= 0.6 is 15.9 Å². The summed E-state index contributed by atoms with van der Waals surface area (Å²) >= 11 is 3.37. The van der Waals surface area contributed by atoms with E-state index in [0.29, 0.717) is 12.2 Å². The Morgan fingerprint density at radius 2 is 1.85 bits per heavy atom. The Kier molecular flexibility index (Phi) is 4.26. The summed E-state index contributed by atoms with van der Waals surface area (Å²) in [6.45, 7) is 3.73. The maximum absolute atomic E-state index is 11.5. The van der Waals surface area contributed by atoms with Gasteiger partial charge in [0.15, 0.2) is 0 Å². The highest BCUT2D eigenvalue weighted by molar-refractivity contribution is 9.10. The van der Waals surface area contributed by atoms with Crippen molar-refractivity contribution >= 4 is 26.0 Å². The van der Waals surface area contributed by atoms with Gasteiger partial charge >= 0.3 is 0 Å². The van der Waals surface area contributed by atoms with Crippen LogP contribution in [-0.2, 0) is 16.4 Å². The summed E-state index contributed by atoms with van der Waals surface area (Å²) in [6, 6.07) is 7.64. The Morgan fingerprint density at radius 1 is 1.25 bits per heavy atom. The molecule has 1 aromatic heterocycles. The summed E-state index contributed by atoms with van der Waals surface area (Å²) in [7, 11) is -3.87. The highest BCUT2D eigenvalue weighted by atomic mass is 79.9. The van der Waals surface area contributed by atoms with Crippen LogP contribution in [-0.4, -0.2) is 23.2 Å². The molecule has 6 nitrogen and oxygen atoms in total. The highest BCUT2D eigenvalue weighted by Crippen LogP contribution is 2.18. The lowest BCUT2D eigenvalue weighted by Gasteiger charge is -2.12. The average molecular weight is 359 g/mol. The van der Waals surface area contributed by atoms with E-state index < -0.39 is 10.0 Å². The van der Waals surface area contributed by atoms with E-state index in [1.807, 2.05) is 38.1 Å². The highest BCUT2D eigenvalue weighted by Gasteiger charge is 2.22. The SMILES string of the molecule is CC(C)n1c(Cc2ccc(Br)cc2)nnc1S(N)(=O)=O. The number of sulfonamides is 1. The van der Waals surface area contributed by atoms with E-state index in [9.17, 15) is 8.42 Å². The molecule has 1 aromatic carbocycles. The molecule has 0 bridgehead atoms. The number of hydrogen-bond acceptors (Lipinski definition) is 4. The zero-order valence-corrected chi connectivity index (χ0v) is 13.5. The molecule has 0 spiro atoms. The van der Waals surface area contributed by atoms with Crippen LogP contribution in [0.15, 0.2) is 33.9 Å². The van der Waals surface area contributed by atoms with Crippen LogP contribution < -0.4 is 5.14 Å². The minimum atomic E-state index is -3.87. The molecule has 0 fully saturated rings. The lowest BCUT2D eigenvalue weighted by atomic mass is 10.1. The van der Waals surface area contributed by atoms with Gasteiger partial charge in [-0.25, -0.2) is 13.6 Å². The fraction of sp³-hybridized carbons (Fsp3) is 0.333. The van der Waals surface area contributed by atoms with Crippen molar-refractivity contribution in [3.8, 4) is 0 Å². The summed E-state index contributed by atoms with van der Waals surface area (Å²) in [5.74, 6) is 0.575. The van der Waals surface area contributed by atoms with E-state index >= 15 is 0 Å². The first-order chi connectivity index (χ1) is 9.29. The summed E-state index contributed by atoms with van der Waals surface area (Å²) in [5.41, 5.74) is 1.02. The molecule has 2 aromatic rings. The van der Waals surface area contributed by atoms with Crippen molar-refractivity contribution < 1.29 is 8.42 Å². The van der Waals surface area contributed by atoms with Gasteiger partial charge in [-0.2, -0.15) is 0 Å².